The maximum Gasteiger partial charge on any atom is 0.138 e. The van der Waals surface area contributed by atoms with Crippen molar-refractivity contribution in [1.29, 1.82) is 0 Å². The molecule has 0 heterocycles. The third kappa shape index (κ3) is 2.14. The number of hydrogen-bond donors (Lipinski definition) is 1. The fourth-order valence-corrected chi connectivity index (χ4v) is 2.00. The second kappa shape index (κ2) is 4.57. The van der Waals surface area contributed by atoms with Crippen LogP contribution in [0, 0.1) is 5.82 Å². The third-order valence-corrected chi connectivity index (χ3v) is 3.03. The lowest BCUT2D eigenvalue weighted by atomic mass is 9.86. The highest BCUT2D eigenvalue weighted by Crippen LogP contribution is 2.31. The van der Waals surface area contributed by atoms with Gasteiger partial charge in [0.25, 0.3) is 0 Å². The summed E-state index contributed by atoms with van der Waals surface area (Å²) >= 11 is 5.84. The molecule has 3 unspecified atom stereocenters. The van der Waals surface area contributed by atoms with E-state index in [9.17, 15) is 4.39 Å². The van der Waals surface area contributed by atoms with E-state index >= 15 is 0 Å². The van der Waals surface area contributed by atoms with Gasteiger partial charge in [-0.05, 0) is 18.2 Å². The maximum atomic E-state index is 12.8. The lowest BCUT2D eigenvalue weighted by Crippen LogP contribution is -2.59. The van der Waals surface area contributed by atoms with Crippen LogP contribution >= 0.6 is 11.6 Å². The molecule has 0 bridgehead atoms. The Hall–Kier alpha value is -0.840. The van der Waals surface area contributed by atoms with Crippen LogP contribution in [0.5, 0.6) is 5.75 Å². The van der Waals surface area contributed by atoms with Crippen molar-refractivity contribution in [2.24, 2.45) is 5.73 Å². The number of ether oxygens (including phenoxy) is 2. The molecular formula is C11H13ClFNO2. The number of rotatable bonds is 3. The minimum absolute atomic E-state index is 0.00535. The van der Waals surface area contributed by atoms with Gasteiger partial charge in [0.05, 0.1) is 5.02 Å². The van der Waals surface area contributed by atoms with Gasteiger partial charge in [0.2, 0.25) is 0 Å². The molecule has 0 radical (unpaired) electrons. The first-order valence-electron chi connectivity index (χ1n) is 5.02. The highest BCUT2D eigenvalue weighted by molar-refractivity contribution is 6.32. The van der Waals surface area contributed by atoms with Crippen molar-refractivity contribution in [2.75, 3.05) is 7.11 Å². The van der Waals surface area contributed by atoms with Gasteiger partial charge in [0.15, 0.2) is 0 Å². The minimum Gasteiger partial charge on any atom is -0.486 e. The van der Waals surface area contributed by atoms with Crippen molar-refractivity contribution in [1.82, 2.24) is 0 Å². The van der Waals surface area contributed by atoms with Crippen molar-refractivity contribution in [3.05, 3.63) is 29.0 Å². The summed E-state index contributed by atoms with van der Waals surface area (Å²) in [6.45, 7) is 0. The molecule has 1 aliphatic rings. The molecule has 88 valence electrons. The SMILES string of the molecule is COC1C(N)CC1Oc1ccc(F)cc1Cl. The Bertz CT molecular complexity index is 388. The largest absolute Gasteiger partial charge is 0.486 e. The van der Waals surface area contributed by atoms with Gasteiger partial charge in [0.1, 0.15) is 23.8 Å². The molecule has 0 amide bonds. The van der Waals surface area contributed by atoms with Gasteiger partial charge >= 0.3 is 0 Å². The van der Waals surface area contributed by atoms with Crippen LogP contribution in [-0.4, -0.2) is 25.4 Å². The first-order chi connectivity index (χ1) is 7.61. The van der Waals surface area contributed by atoms with E-state index in [1.165, 1.54) is 18.2 Å². The summed E-state index contributed by atoms with van der Waals surface area (Å²) in [6.07, 6.45) is 0.482. The fourth-order valence-electron chi connectivity index (χ4n) is 1.79. The van der Waals surface area contributed by atoms with E-state index in [0.29, 0.717) is 12.2 Å². The Balaban J connectivity index is 2.04. The van der Waals surface area contributed by atoms with E-state index in [-0.39, 0.29) is 29.1 Å². The van der Waals surface area contributed by atoms with Crippen LogP contribution in [0.1, 0.15) is 6.42 Å². The normalized spacial score (nSPS) is 28.6. The van der Waals surface area contributed by atoms with Crippen LogP contribution in [0.15, 0.2) is 18.2 Å². The van der Waals surface area contributed by atoms with E-state index in [0.717, 1.165) is 0 Å². The van der Waals surface area contributed by atoms with Gasteiger partial charge < -0.3 is 15.2 Å². The molecule has 1 aliphatic carbocycles. The average Bonchev–Trinajstić information content (AvgIpc) is 2.21. The summed E-state index contributed by atoms with van der Waals surface area (Å²) in [5.41, 5.74) is 5.74. The second-order valence-corrected chi connectivity index (χ2v) is 4.24. The maximum absolute atomic E-state index is 12.8. The smallest absolute Gasteiger partial charge is 0.138 e. The Morgan fingerprint density at radius 2 is 2.25 bits per heavy atom. The van der Waals surface area contributed by atoms with Gasteiger partial charge in [-0.1, -0.05) is 11.6 Å². The summed E-state index contributed by atoms with van der Waals surface area (Å²) < 4.78 is 23.6. The Kier molecular flexibility index (Phi) is 3.33. The van der Waals surface area contributed by atoms with E-state index in [2.05, 4.69) is 0 Å². The van der Waals surface area contributed by atoms with Gasteiger partial charge in [-0.25, -0.2) is 4.39 Å². The molecule has 16 heavy (non-hydrogen) atoms. The van der Waals surface area contributed by atoms with Crippen molar-refractivity contribution in [2.45, 2.75) is 24.7 Å². The first-order valence-corrected chi connectivity index (χ1v) is 5.39. The van der Waals surface area contributed by atoms with E-state index in [1.54, 1.807) is 7.11 Å². The summed E-state index contributed by atoms with van der Waals surface area (Å²) in [5.74, 6) is 0.0768. The lowest BCUT2D eigenvalue weighted by molar-refractivity contribution is -0.0782. The second-order valence-electron chi connectivity index (χ2n) is 3.83. The quantitative estimate of drug-likeness (QED) is 0.886. The molecule has 0 aliphatic heterocycles. The molecule has 1 aromatic carbocycles. The number of benzene rings is 1. The van der Waals surface area contributed by atoms with Crippen molar-refractivity contribution < 1.29 is 13.9 Å². The molecule has 3 nitrogen and oxygen atoms in total. The summed E-state index contributed by atoms with van der Waals surface area (Å²) in [5, 5.41) is 0.260. The monoisotopic (exact) mass is 245 g/mol. The van der Waals surface area contributed by atoms with Crippen LogP contribution in [0.25, 0.3) is 0 Å². The van der Waals surface area contributed by atoms with Crippen molar-refractivity contribution in [3.8, 4) is 5.75 Å². The topological polar surface area (TPSA) is 44.5 Å². The standard InChI is InChI=1S/C11H13ClFNO2/c1-15-11-8(14)5-10(11)16-9-3-2-6(13)4-7(9)12/h2-4,8,10-11H,5,14H2,1H3. The summed E-state index contributed by atoms with van der Waals surface area (Å²) in [7, 11) is 1.59. The molecule has 2 N–H and O–H groups in total. The summed E-state index contributed by atoms with van der Waals surface area (Å²) in [6, 6.07) is 4.03. The van der Waals surface area contributed by atoms with Crippen molar-refractivity contribution >= 4 is 11.6 Å². The van der Waals surface area contributed by atoms with Gasteiger partial charge in [0, 0.05) is 19.6 Å². The lowest BCUT2D eigenvalue weighted by Gasteiger charge is -2.41. The molecule has 1 saturated carbocycles. The molecular weight excluding hydrogens is 233 g/mol. The third-order valence-electron chi connectivity index (χ3n) is 2.74. The van der Waals surface area contributed by atoms with Crippen LogP contribution in [0.3, 0.4) is 0 Å². The number of methoxy groups -OCH3 is 1. The van der Waals surface area contributed by atoms with E-state index < -0.39 is 0 Å². The first kappa shape index (κ1) is 11.6. The Morgan fingerprint density at radius 3 is 2.81 bits per heavy atom. The predicted molar refractivity (Wildman–Crippen MR) is 59.2 cm³/mol. The number of hydrogen-bond acceptors (Lipinski definition) is 3. The van der Waals surface area contributed by atoms with Crippen LogP contribution in [0.2, 0.25) is 5.02 Å². The average molecular weight is 246 g/mol. The molecule has 3 atom stereocenters. The van der Waals surface area contributed by atoms with E-state index in [4.69, 9.17) is 26.8 Å². The molecule has 0 spiro atoms. The van der Waals surface area contributed by atoms with Gasteiger partial charge in [-0.3, -0.25) is 0 Å². The van der Waals surface area contributed by atoms with Gasteiger partial charge in [-0.2, -0.15) is 0 Å². The molecule has 0 aromatic heterocycles. The number of halogens is 2. The highest BCUT2D eigenvalue weighted by Gasteiger charge is 2.41. The zero-order valence-electron chi connectivity index (χ0n) is 8.82. The zero-order valence-corrected chi connectivity index (χ0v) is 9.58. The van der Waals surface area contributed by atoms with Crippen LogP contribution < -0.4 is 10.5 Å². The molecule has 0 saturated heterocycles. The van der Waals surface area contributed by atoms with E-state index in [1.807, 2.05) is 0 Å². The molecule has 1 aromatic rings. The van der Waals surface area contributed by atoms with Crippen LogP contribution in [-0.2, 0) is 4.74 Å². The Morgan fingerprint density at radius 1 is 1.50 bits per heavy atom. The fraction of sp³-hybridized carbons (Fsp3) is 0.455. The minimum atomic E-state index is -0.383. The highest BCUT2D eigenvalue weighted by atomic mass is 35.5. The van der Waals surface area contributed by atoms with Crippen LogP contribution in [0.4, 0.5) is 4.39 Å². The van der Waals surface area contributed by atoms with Gasteiger partial charge in [-0.15, -0.1) is 0 Å². The predicted octanol–water partition coefficient (Wildman–Crippen LogP) is 1.97. The van der Waals surface area contributed by atoms with Crippen molar-refractivity contribution in [3.63, 3.8) is 0 Å². The summed E-state index contributed by atoms with van der Waals surface area (Å²) in [4.78, 5) is 0. The Labute approximate surface area is 98.3 Å². The number of nitrogens with two attached hydrogens (primary N) is 1. The molecule has 5 heteroatoms. The molecule has 1 fully saturated rings. The molecule has 2 rings (SSSR count). The zero-order chi connectivity index (χ0) is 11.7.